The third kappa shape index (κ3) is 3.74. The monoisotopic (exact) mass is 291 g/mol. The molecule has 1 N–H and O–H groups in total. The lowest BCUT2D eigenvalue weighted by Gasteiger charge is -2.28. The predicted molar refractivity (Wildman–Crippen MR) is 78.1 cm³/mol. The number of ether oxygens (including phenoxy) is 1. The molecule has 1 aliphatic rings. The first-order valence-electron chi connectivity index (χ1n) is 7.29. The molecule has 0 radical (unpaired) electrons. The summed E-state index contributed by atoms with van der Waals surface area (Å²) in [6, 6.07) is 6.09. The van der Waals surface area contributed by atoms with E-state index in [0.29, 0.717) is 17.9 Å². The van der Waals surface area contributed by atoms with E-state index in [1.54, 1.807) is 24.3 Å². The van der Waals surface area contributed by atoms with Crippen molar-refractivity contribution in [1.82, 2.24) is 4.90 Å². The van der Waals surface area contributed by atoms with Crippen molar-refractivity contribution in [2.75, 3.05) is 6.61 Å². The third-order valence-corrected chi connectivity index (χ3v) is 3.48. The molecule has 0 saturated heterocycles. The Morgan fingerprint density at radius 2 is 1.95 bits per heavy atom. The van der Waals surface area contributed by atoms with Crippen LogP contribution in [0.2, 0.25) is 0 Å². The quantitative estimate of drug-likeness (QED) is 0.838. The molecular formula is C16H21NO4. The van der Waals surface area contributed by atoms with Crippen LogP contribution in [0, 0.1) is 0 Å². The van der Waals surface area contributed by atoms with E-state index in [1.807, 2.05) is 6.92 Å². The van der Waals surface area contributed by atoms with Gasteiger partial charge in [0.05, 0.1) is 6.61 Å². The molecule has 2 rings (SSSR count). The normalized spacial score (nSPS) is 15.3. The first kappa shape index (κ1) is 15.4. The zero-order valence-corrected chi connectivity index (χ0v) is 12.4. The van der Waals surface area contributed by atoms with Crippen LogP contribution in [-0.4, -0.2) is 34.5 Å². The largest absolute Gasteiger partial charge is 0.494 e. The minimum Gasteiger partial charge on any atom is -0.494 e. The lowest BCUT2D eigenvalue weighted by Crippen LogP contribution is -2.39. The highest BCUT2D eigenvalue weighted by Crippen LogP contribution is 2.35. The number of carboxylic acids is 1. The summed E-state index contributed by atoms with van der Waals surface area (Å²) in [4.78, 5) is 24.9. The Balaban J connectivity index is 2.21. The number of aliphatic carboxylic acids is 1. The van der Waals surface area contributed by atoms with Gasteiger partial charge in [-0.1, -0.05) is 19.1 Å². The smallest absolute Gasteiger partial charge is 0.331 e. The molecule has 1 aliphatic carbocycles. The van der Waals surface area contributed by atoms with Crippen molar-refractivity contribution in [1.29, 1.82) is 0 Å². The maximum absolute atomic E-state index is 11.8. The first-order chi connectivity index (χ1) is 10.0. The minimum absolute atomic E-state index is 0.0552. The van der Waals surface area contributed by atoms with Crippen LogP contribution in [0.1, 0.15) is 44.7 Å². The molecule has 5 nitrogen and oxygen atoms in total. The van der Waals surface area contributed by atoms with E-state index in [9.17, 15) is 14.7 Å². The average Bonchev–Trinajstić information content (AvgIpc) is 3.26. The summed E-state index contributed by atoms with van der Waals surface area (Å²) in [6.45, 7) is 4.07. The molecular weight excluding hydrogens is 270 g/mol. The van der Waals surface area contributed by atoms with Crippen molar-refractivity contribution < 1.29 is 19.4 Å². The second kappa shape index (κ2) is 6.61. The Morgan fingerprint density at radius 1 is 1.33 bits per heavy atom. The summed E-state index contributed by atoms with van der Waals surface area (Å²) in [6.07, 6.45) is 2.67. The Labute approximate surface area is 124 Å². The first-order valence-corrected chi connectivity index (χ1v) is 7.29. The van der Waals surface area contributed by atoms with E-state index < -0.39 is 12.0 Å². The topological polar surface area (TPSA) is 66.8 Å². The second-order valence-electron chi connectivity index (χ2n) is 5.32. The summed E-state index contributed by atoms with van der Waals surface area (Å²) in [5.74, 6) is -0.485. The predicted octanol–water partition coefficient (Wildman–Crippen LogP) is 2.61. The van der Waals surface area contributed by atoms with Crippen LogP contribution in [0.15, 0.2) is 24.3 Å². The Morgan fingerprint density at radius 3 is 2.38 bits per heavy atom. The highest BCUT2D eigenvalue weighted by atomic mass is 16.5. The molecule has 1 fully saturated rings. The molecule has 21 heavy (non-hydrogen) atoms. The lowest BCUT2D eigenvalue weighted by molar-refractivity contribution is -0.150. The summed E-state index contributed by atoms with van der Waals surface area (Å²) < 4.78 is 5.49. The van der Waals surface area contributed by atoms with Crippen molar-refractivity contribution in [2.24, 2.45) is 0 Å². The van der Waals surface area contributed by atoms with Crippen molar-refractivity contribution in [3.8, 4) is 5.75 Å². The SMILES string of the molecule is CCCOc1ccc(C(C(=O)O)N(C(C)=O)C2CC2)cc1. The number of hydrogen-bond donors (Lipinski definition) is 1. The van der Waals surface area contributed by atoms with Gasteiger partial charge in [0.25, 0.3) is 0 Å². The van der Waals surface area contributed by atoms with E-state index in [4.69, 9.17) is 4.74 Å². The molecule has 5 heteroatoms. The van der Waals surface area contributed by atoms with Gasteiger partial charge in [0, 0.05) is 13.0 Å². The molecule has 0 bridgehead atoms. The molecule has 0 spiro atoms. The Bertz CT molecular complexity index is 508. The van der Waals surface area contributed by atoms with Crippen LogP contribution in [0.5, 0.6) is 5.75 Å². The van der Waals surface area contributed by atoms with Gasteiger partial charge < -0.3 is 14.7 Å². The fourth-order valence-corrected chi connectivity index (χ4v) is 2.39. The molecule has 1 unspecified atom stereocenters. The van der Waals surface area contributed by atoms with Gasteiger partial charge in [-0.2, -0.15) is 0 Å². The number of amides is 1. The standard InChI is InChI=1S/C16H21NO4/c1-3-10-21-14-8-4-12(5-9-14)15(16(19)20)17(11(2)18)13-6-7-13/h4-5,8-9,13,15H,3,6-7,10H2,1-2H3,(H,19,20). The maximum Gasteiger partial charge on any atom is 0.331 e. The molecule has 1 aromatic carbocycles. The van der Waals surface area contributed by atoms with Crippen molar-refractivity contribution in [3.63, 3.8) is 0 Å². The number of benzene rings is 1. The highest BCUT2D eigenvalue weighted by molar-refractivity contribution is 5.84. The van der Waals surface area contributed by atoms with Crippen LogP contribution < -0.4 is 4.74 Å². The summed E-state index contributed by atoms with van der Waals surface area (Å²) in [5.41, 5.74) is 0.605. The molecule has 0 aromatic heterocycles. The van der Waals surface area contributed by atoms with Gasteiger partial charge in [-0.05, 0) is 37.0 Å². The molecule has 1 atom stereocenters. The number of carbonyl (C=O) groups excluding carboxylic acids is 1. The highest BCUT2D eigenvalue weighted by Gasteiger charge is 2.39. The average molecular weight is 291 g/mol. The van der Waals surface area contributed by atoms with Gasteiger partial charge in [-0.25, -0.2) is 4.79 Å². The van der Waals surface area contributed by atoms with Crippen LogP contribution in [0.3, 0.4) is 0 Å². The van der Waals surface area contributed by atoms with Crippen LogP contribution in [-0.2, 0) is 9.59 Å². The Kier molecular flexibility index (Phi) is 4.83. The van der Waals surface area contributed by atoms with Gasteiger partial charge in [0.1, 0.15) is 5.75 Å². The van der Waals surface area contributed by atoms with E-state index >= 15 is 0 Å². The molecule has 0 aliphatic heterocycles. The number of rotatable bonds is 7. The number of hydrogen-bond acceptors (Lipinski definition) is 3. The molecule has 1 saturated carbocycles. The third-order valence-electron chi connectivity index (χ3n) is 3.48. The number of nitrogens with zero attached hydrogens (tertiary/aromatic N) is 1. The van der Waals surface area contributed by atoms with Gasteiger partial charge in [-0.15, -0.1) is 0 Å². The minimum atomic E-state index is -1.00. The fourth-order valence-electron chi connectivity index (χ4n) is 2.39. The lowest BCUT2D eigenvalue weighted by atomic mass is 10.0. The molecule has 1 aromatic rings. The van der Waals surface area contributed by atoms with Gasteiger partial charge in [0.15, 0.2) is 6.04 Å². The molecule has 1 amide bonds. The summed E-state index contributed by atoms with van der Waals surface area (Å²) in [5, 5.41) is 9.51. The van der Waals surface area contributed by atoms with Crippen molar-refractivity contribution in [3.05, 3.63) is 29.8 Å². The van der Waals surface area contributed by atoms with E-state index in [-0.39, 0.29) is 11.9 Å². The summed E-state index contributed by atoms with van der Waals surface area (Å²) in [7, 11) is 0. The van der Waals surface area contributed by atoms with Crippen LogP contribution >= 0.6 is 0 Å². The van der Waals surface area contributed by atoms with E-state index in [2.05, 4.69) is 0 Å². The number of carboxylic acid groups (broad SMARTS) is 1. The second-order valence-corrected chi connectivity index (χ2v) is 5.32. The van der Waals surface area contributed by atoms with Crippen LogP contribution in [0.25, 0.3) is 0 Å². The van der Waals surface area contributed by atoms with Gasteiger partial charge in [-0.3, -0.25) is 4.79 Å². The molecule has 0 heterocycles. The zero-order valence-electron chi connectivity index (χ0n) is 12.4. The van der Waals surface area contributed by atoms with Gasteiger partial charge in [0.2, 0.25) is 5.91 Å². The van der Waals surface area contributed by atoms with E-state index in [0.717, 1.165) is 19.3 Å². The van der Waals surface area contributed by atoms with E-state index in [1.165, 1.54) is 11.8 Å². The molecule has 114 valence electrons. The maximum atomic E-state index is 11.8. The fraction of sp³-hybridized carbons (Fsp3) is 0.500. The summed E-state index contributed by atoms with van der Waals surface area (Å²) >= 11 is 0. The Hall–Kier alpha value is -2.04. The van der Waals surface area contributed by atoms with Crippen molar-refractivity contribution in [2.45, 2.75) is 45.2 Å². The zero-order chi connectivity index (χ0) is 15.4. The van der Waals surface area contributed by atoms with Crippen LogP contribution in [0.4, 0.5) is 0 Å². The van der Waals surface area contributed by atoms with Gasteiger partial charge >= 0.3 is 5.97 Å². The number of carbonyl (C=O) groups is 2. The van der Waals surface area contributed by atoms with Crippen molar-refractivity contribution >= 4 is 11.9 Å².